The van der Waals surface area contributed by atoms with Crippen LogP contribution in [0, 0.1) is 10.1 Å². The minimum atomic E-state index is -0.497. The first kappa shape index (κ1) is 22.8. The number of amides is 2. The third-order valence-electron chi connectivity index (χ3n) is 5.58. The SMILES string of the molecule is COc1cc(NC(=O)c2ccc(N3CCCCC3)c([N+](=O)[O-])c2)ccc1NC(=O)c1ccco1. The first-order valence-electron chi connectivity index (χ1n) is 10.8. The molecule has 2 amide bonds. The zero-order valence-electron chi connectivity index (χ0n) is 18.6. The van der Waals surface area contributed by atoms with Gasteiger partial charge in [0.25, 0.3) is 17.5 Å². The summed E-state index contributed by atoms with van der Waals surface area (Å²) < 4.78 is 10.4. The van der Waals surface area contributed by atoms with Crippen molar-refractivity contribution in [2.45, 2.75) is 19.3 Å². The van der Waals surface area contributed by atoms with Gasteiger partial charge in [0, 0.05) is 36.5 Å². The van der Waals surface area contributed by atoms with Crippen molar-refractivity contribution in [2.75, 3.05) is 35.7 Å². The van der Waals surface area contributed by atoms with E-state index >= 15 is 0 Å². The minimum Gasteiger partial charge on any atom is -0.494 e. The lowest BCUT2D eigenvalue weighted by Gasteiger charge is -2.28. The van der Waals surface area contributed by atoms with Gasteiger partial charge in [0.05, 0.1) is 24.0 Å². The molecule has 0 bridgehead atoms. The number of nitro benzene ring substituents is 1. The lowest BCUT2D eigenvalue weighted by molar-refractivity contribution is -0.384. The minimum absolute atomic E-state index is 0.0943. The van der Waals surface area contributed by atoms with Crippen molar-refractivity contribution in [3.05, 3.63) is 76.2 Å². The molecular formula is C24H24N4O6. The number of carbonyl (C=O) groups excluding carboxylic acids is 2. The van der Waals surface area contributed by atoms with Crippen LogP contribution in [0.15, 0.2) is 59.2 Å². The van der Waals surface area contributed by atoms with Gasteiger partial charge in [0.1, 0.15) is 11.4 Å². The van der Waals surface area contributed by atoms with E-state index < -0.39 is 16.7 Å². The van der Waals surface area contributed by atoms with Crippen LogP contribution < -0.4 is 20.3 Å². The highest BCUT2D eigenvalue weighted by Gasteiger charge is 2.23. The topological polar surface area (TPSA) is 127 Å². The molecule has 4 rings (SSSR count). The number of anilines is 3. The van der Waals surface area contributed by atoms with E-state index in [0.717, 1.165) is 32.4 Å². The first-order valence-corrected chi connectivity index (χ1v) is 10.8. The van der Waals surface area contributed by atoms with E-state index in [4.69, 9.17) is 9.15 Å². The maximum atomic E-state index is 12.8. The van der Waals surface area contributed by atoms with Gasteiger partial charge >= 0.3 is 0 Å². The van der Waals surface area contributed by atoms with Crippen molar-refractivity contribution in [3.8, 4) is 5.75 Å². The van der Waals surface area contributed by atoms with Crippen LogP contribution in [0.2, 0.25) is 0 Å². The molecule has 1 aromatic heterocycles. The quantitative estimate of drug-likeness (QED) is 0.383. The standard InChI is InChI=1S/C24H24N4O6/c1-33-22-15-17(8-9-18(22)26-24(30)21-6-5-13-34-21)25-23(29)16-7-10-19(20(14-16)28(31)32)27-11-3-2-4-12-27/h5-10,13-15H,2-4,11-12H2,1H3,(H,25,29)(H,26,30). The molecule has 0 spiro atoms. The molecule has 1 saturated heterocycles. The van der Waals surface area contributed by atoms with Gasteiger partial charge in [-0.25, -0.2) is 0 Å². The van der Waals surface area contributed by atoms with E-state index in [0.29, 0.717) is 22.8 Å². The summed E-state index contributed by atoms with van der Waals surface area (Å²) in [5.41, 5.74) is 1.40. The van der Waals surface area contributed by atoms with Gasteiger partial charge in [-0.2, -0.15) is 0 Å². The van der Waals surface area contributed by atoms with E-state index in [2.05, 4.69) is 10.6 Å². The average Bonchev–Trinajstić information content (AvgIpc) is 3.40. The molecule has 1 fully saturated rings. The van der Waals surface area contributed by atoms with E-state index in [9.17, 15) is 19.7 Å². The highest BCUT2D eigenvalue weighted by Crippen LogP contribution is 2.32. The molecule has 1 aliphatic rings. The highest BCUT2D eigenvalue weighted by atomic mass is 16.6. The van der Waals surface area contributed by atoms with Crippen LogP contribution in [0.1, 0.15) is 40.2 Å². The number of carbonyl (C=O) groups is 2. The summed E-state index contributed by atoms with van der Waals surface area (Å²) >= 11 is 0. The molecule has 0 atom stereocenters. The third kappa shape index (κ3) is 5.01. The molecule has 176 valence electrons. The molecule has 3 aromatic rings. The van der Waals surface area contributed by atoms with Crippen molar-refractivity contribution in [1.29, 1.82) is 0 Å². The Kier molecular flexibility index (Phi) is 6.77. The summed E-state index contributed by atoms with van der Waals surface area (Å²) in [5, 5.41) is 17.1. The van der Waals surface area contributed by atoms with Crippen molar-refractivity contribution in [2.24, 2.45) is 0 Å². The largest absolute Gasteiger partial charge is 0.494 e. The Hall–Kier alpha value is -4.34. The second-order valence-corrected chi connectivity index (χ2v) is 7.81. The normalized spacial score (nSPS) is 13.3. The molecule has 0 unspecified atom stereocenters. The maximum Gasteiger partial charge on any atom is 0.293 e. The number of rotatable bonds is 7. The Morgan fingerprint density at radius 2 is 1.82 bits per heavy atom. The van der Waals surface area contributed by atoms with Crippen molar-refractivity contribution in [1.82, 2.24) is 0 Å². The van der Waals surface area contributed by atoms with Gasteiger partial charge in [-0.05, 0) is 55.7 Å². The van der Waals surface area contributed by atoms with Crippen LogP contribution in [-0.4, -0.2) is 36.9 Å². The Balaban J connectivity index is 1.51. The van der Waals surface area contributed by atoms with Gasteiger partial charge in [0.15, 0.2) is 5.76 Å². The Morgan fingerprint density at radius 1 is 1.03 bits per heavy atom. The second-order valence-electron chi connectivity index (χ2n) is 7.81. The lowest BCUT2D eigenvalue weighted by Crippen LogP contribution is -2.30. The number of piperidine rings is 1. The first-order chi connectivity index (χ1) is 16.5. The summed E-state index contributed by atoms with van der Waals surface area (Å²) in [5.74, 6) is -0.470. The number of ether oxygens (including phenoxy) is 1. The second kappa shape index (κ2) is 10.1. The van der Waals surface area contributed by atoms with Gasteiger partial charge < -0.3 is 24.7 Å². The van der Waals surface area contributed by atoms with Crippen LogP contribution in [0.25, 0.3) is 0 Å². The van der Waals surface area contributed by atoms with Gasteiger partial charge in [-0.1, -0.05) is 0 Å². The Labute approximate surface area is 195 Å². The fourth-order valence-corrected chi connectivity index (χ4v) is 3.88. The van der Waals surface area contributed by atoms with Crippen LogP contribution in [0.3, 0.4) is 0 Å². The number of methoxy groups -OCH3 is 1. The number of furan rings is 1. The molecule has 10 nitrogen and oxygen atoms in total. The van der Waals surface area contributed by atoms with Crippen LogP contribution >= 0.6 is 0 Å². The van der Waals surface area contributed by atoms with Gasteiger partial charge in [-0.3, -0.25) is 19.7 Å². The number of hydrogen-bond donors (Lipinski definition) is 2. The number of nitro groups is 1. The average molecular weight is 464 g/mol. The predicted molar refractivity (Wildman–Crippen MR) is 127 cm³/mol. The molecule has 0 saturated carbocycles. The van der Waals surface area contributed by atoms with Crippen molar-refractivity contribution >= 4 is 34.6 Å². The van der Waals surface area contributed by atoms with E-state index in [-0.39, 0.29) is 17.0 Å². The molecule has 1 aliphatic heterocycles. The molecular weight excluding hydrogens is 440 g/mol. The predicted octanol–water partition coefficient (Wildman–Crippen LogP) is 4.69. The third-order valence-corrected chi connectivity index (χ3v) is 5.58. The number of benzene rings is 2. The van der Waals surface area contributed by atoms with Gasteiger partial charge in [0.2, 0.25) is 0 Å². The van der Waals surface area contributed by atoms with E-state index in [1.54, 1.807) is 36.4 Å². The summed E-state index contributed by atoms with van der Waals surface area (Å²) in [6.07, 6.45) is 4.48. The molecule has 0 aliphatic carbocycles. The van der Waals surface area contributed by atoms with Crippen molar-refractivity contribution < 1.29 is 23.7 Å². The highest BCUT2D eigenvalue weighted by molar-refractivity contribution is 6.06. The van der Waals surface area contributed by atoms with E-state index in [1.807, 2.05) is 4.90 Å². The number of hydrogen-bond acceptors (Lipinski definition) is 7. The Morgan fingerprint density at radius 3 is 2.50 bits per heavy atom. The molecule has 2 N–H and O–H groups in total. The summed E-state index contributed by atoms with van der Waals surface area (Å²) in [6, 6.07) is 12.4. The maximum absolute atomic E-state index is 12.8. The zero-order chi connectivity index (χ0) is 24.1. The lowest BCUT2D eigenvalue weighted by atomic mass is 10.1. The van der Waals surface area contributed by atoms with Crippen molar-refractivity contribution in [3.63, 3.8) is 0 Å². The number of nitrogens with zero attached hydrogens (tertiary/aromatic N) is 2. The molecule has 2 heterocycles. The summed E-state index contributed by atoms with van der Waals surface area (Å²) in [4.78, 5) is 38.3. The fourth-order valence-electron chi connectivity index (χ4n) is 3.88. The molecule has 0 radical (unpaired) electrons. The Bertz CT molecular complexity index is 1200. The fraction of sp³-hybridized carbons (Fsp3) is 0.250. The molecule has 2 aromatic carbocycles. The number of nitrogens with one attached hydrogen (secondary N) is 2. The van der Waals surface area contributed by atoms with E-state index in [1.165, 1.54) is 25.5 Å². The summed E-state index contributed by atoms with van der Waals surface area (Å²) in [7, 11) is 1.44. The van der Waals surface area contributed by atoms with Crippen LogP contribution in [0.4, 0.5) is 22.7 Å². The van der Waals surface area contributed by atoms with Crippen LogP contribution in [0.5, 0.6) is 5.75 Å². The smallest absolute Gasteiger partial charge is 0.293 e. The monoisotopic (exact) mass is 464 g/mol. The zero-order valence-corrected chi connectivity index (χ0v) is 18.6. The van der Waals surface area contributed by atoms with Gasteiger partial charge in [-0.15, -0.1) is 0 Å². The van der Waals surface area contributed by atoms with Crippen LogP contribution in [-0.2, 0) is 0 Å². The molecule has 34 heavy (non-hydrogen) atoms. The molecule has 10 heteroatoms. The summed E-state index contributed by atoms with van der Waals surface area (Å²) in [6.45, 7) is 1.52.